The topological polar surface area (TPSA) is 54.0 Å². The highest BCUT2D eigenvalue weighted by atomic mass is 16.6. The summed E-state index contributed by atoms with van der Waals surface area (Å²) in [5, 5.41) is 0. The van der Waals surface area contributed by atoms with E-state index in [9.17, 15) is 4.79 Å². The van der Waals surface area contributed by atoms with Gasteiger partial charge in [-0.15, -0.1) is 0 Å². The van der Waals surface area contributed by atoms with Gasteiger partial charge in [0.1, 0.15) is 36.2 Å². The van der Waals surface area contributed by atoms with Crippen LogP contribution in [0.1, 0.15) is 6.92 Å². The highest BCUT2D eigenvalue weighted by molar-refractivity contribution is 5.86. The molecule has 0 N–H and O–H groups in total. The second-order valence-electron chi connectivity index (χ2n) is 5.01. The fraction of sp³-hybridized carbons (Fsp3) is 0.211. The number of hydrogen-bond acceptors (Lipinski definition) is 5. The minimum Gasteiger partial charge on any atom is -0.497 e. The number of carbonyl (C=O) groups is 1. The monoisotopic (exact) mass is 328 g/mol. The first-order valence-corrected chi connectivity index (χ1v) is 7.46. The highest BCUT2D eigenvalue weighted by Crippen LogP contribution is 2.25. The number of ether oxygens (including phenoxy) is 4. The minimum atomic E-state index is -0.415. The maximum atomic E-state index is 11.2. The van der Waals surface area contributed by atoms with Crippen LogP contribution >= 0.6 is 0 Å². The molecule has 126 valence electrons. The first-order chi connectivity index (χ1) is 11.6. The Morgan fingerprint density at radius 2 is 1.38 bits per heavy atom. The largest absolute Gasteiger partial charge is 0.497 e. The average molecular weight is 328 g/mol. The first kappa shape index (κ1) is 17.4. The van der Waals surface area contributed by atoms with Gasteiger partial charge < -0.3 is 18.9 Å². The van der Waals surface area contributed by atoms with Gasteiger partial charge in [-0.2, -0.15) is 0 Å². The summed E-state index contributed by atoms with van der Waals surface area (Å²) in [7, 11) is 1.62. The standard InChI is InChI=1S/C19H20O5/c1-14(2)19(20)23-13-12-22-16-6-10-18(11-7-16)24-17-8-4-15(21-3)5-9-17/h4-11H,1,12-13H2,2-3H3. The van der Waals surface area contributed by atoms with Crippen LogP contribution in [0, 0.1) is 0 Å². The van der Waals surface area contributed by atoms with Crippen LogP contribution in [-0.2, 0) is 9.53 Å². The molecular formula is C19H20O5. The molecule has 0 saturated carbocycles. The molecule has 2 aromatic rings. The third kappa shape index (κ3) is 5.35. The maximum absolute atomic E-state index is 11.2. The molecule has 0 radical (unpaired) electrons. The number of methoxy groups -OCH3 is 1. The van der Waals surface area contributed by atoms with E-state index in [-0.39, 0.29) is 13.2 Å². The van der Waals surface area contributed by atoms with Crippen molar-refractivity contribution in [2.24, 2.45) is 0 Å². The second kappa shape index (κ2) is 8.62. The van der Waals surface area contributed by atoms with Gasteiger partial charge in [-0.1, -0.05) is 6.58 Å². The Balaban J connectivity index is 1.79. The number of carbonyl (C=O) groups excluding carboxylic acids is 1. The summed E-state index contributed by atoms with van der Waals surface area (Å²) in [5.74, 6) is 2.45. The van der Waals surface area contributed by atoms with Crippen molar-refractivity contribution in [2.45, 2.75) is 6.92 Å². The summed E-state index contributed by atoms with van der Waals surface area (Å²) in [6.45, 7) is 5.56. The van der Waals surface area contributed by atoms with Crippen molar-refractivity contribution < 1.29 is 23.7 Å². The van der Waals surface area contributed by atoms with Crippen molar-refractivity contribution in [3.8, 4) is 23.0 Å². The lowest BCUT2D eigenvalue weighted by Gasteiger charge is -2.09. The average Bonchev–Trinajstić information content (AvgIpc) is 2.60. The van der Waals surface area contributed by atoms with Gasteiger partial charge in [0.15, 0.2) is 0 Å². The summed E-state index contributed by atoms with van der Waals surface area (Å²) < 4.78 is 21.3. The zero-order chi connectivity index (χ0) is 17.4. The lowest BCUT2D eigenvalue weighted by atomic mass is 10.3. The van der Waals surface area contributed by atoms with Gasteiger partial charge in [-0.05, 0) is 55.5 Å². The van der Waals surface area contributed by atoms with Gasteiger partial charge in [-0.25, -0.2) is 4.79 Å². The van der Waals surface area contributed by atoms with Crippen molar-refractivity contribution >= 4 is 5.97 Å². The molecule has 0 atom stereocenters. The molecule has 24 heavy (non-hydrogen) atoms. The molecule has 0 spiro atoms. The number of benzene rings is 2. The molecule has 0 fully saturated rings. The normalized spacial score (nSPS) is 9.92. The predicted octanol–water partition coefficient (Wildman–Crippen LogP) is 3.99. The zero-order valence-electron chi connectivity index (χ0n) is 13.8. The molecule has 5 heteroatoms. The van der Waals surface area contributed by atoms with E-state index in [0.717, 1.165) is 11.5 Å². The smallest absolute Gasteiger partial charge is 0.333 e. The fourth-order valence-corrected chi connectivity index (χ4v) is 1.80. The van der Waals surface area contributed by atoms with Gasteiger partial charge in [0.2, 0.25) is 0 Å². The fourth-order valence-electron chi connectivity index (χ4n) is 1.80. The van der Waals surface area contributed by atoms with E-state index in [4.69, 9.17) is 18.9 Å². The van der Waals surface area contributed by atoms with Gasteiger partial charge in [-0.3, -0.25) is 0 Å². The third-order valence-corrected chi connectivity index (χ3v) is 3.05. The van der Waals surface area contributed by atoms with Crippen LogP contribution in [0.15, 0.2) is 60.7 Å². The van der Waals surface area contributed by atoms with E-state index >= 15 is 0 Å². The van der Waals surface area contributed by atoms with Crippen molar-refractivity contribution in [3.05, 3.63) is 60.7 Å². The Morgan fingerprint density at radius 1 is 0.875 bits per heavy atom. The van der Waals surface area contributed by atoms with Crippen LogP contribution in [0.25, 0.3) is 0 Å². The van der Waals surface area contributed by atoms with Crippen LogP contribution in [0.4, 0.5) is 0 Å². The molecular weight excluding hydrogens is 308 g/mol. The Kier molecular flexibility index (Phi) is 6.25. The molecule has 0 aromatic heterocycles. The quantitative estimate of drug-likeness (QED) is 0.417. The van der Waals surface area contributed by atoms with E-state index in [1.165, 1.54) is 0 Å². The molecule has 0 aliphatic rings. The predicted molar refractivity (Wildman–Crippen MR) is 90.8 cm³/mol. The van der Waals surface area contributed by atoms with Crippen LogP contribution in [-0.4, -0.2) is 26.3 Å². The molecule has 0 saturated heterocycles. The second-order valence-corrected chi connectivity index (χ2v) is 5.01. The third-order valence-electron chi connectivity index (χ3n) is 3.05. The molecule has 0 aliphatic heterocycles. The molecule has 0 bridgehead atoms. The van der Waals surface area contributed by atoms with E-state index < -0.39 is 5.97 Å². The first-order valence-electron chi connectivity index (χ1n) is 7.46. The van der Waals surface area contributed by atoms with Crippen molar-refractivity contribution in [1.82, 2.24) is 0 Å². The Labute approximate surface area is 141 Å². The Hall–Kier alpha value is -2.95. The lowest BCUT2D eigenvalue weighted by Crippen LogP contribution is -2.12. The minimum absolute atomic E-state index is 0.176. The number of esters is 1. The van der Waals surface area contributed by atoms with Crippen LogP contribution < -0.4 is 14.2 Å². The molecule has 0 unspecified atom stereocenters. The molecule has 5 nitrogen and oxygen atoms in total. The summed E-state index contributed by atoms with van der Waals surface area (Å²) >= 11 is 0. The summed E-state index contributed by atoms with van der Waals surface area (Å²) in [6.07, 6.45) is 0. The van der Waals surface area contributed by atoms with Crippen LogP contribution in [0.2, 0.25) is 0 Å². The van der Waals surface area contributed by atoms with Crippen molar-refractivity contribution in [3.63, 3.8) is 0 Å². The lowest BCUT2D eigenvalue weighted by molar-refractivity contribution is -0.139. The summed E-state index contributed by atoms with van der Waals surface area (Å²) in [5.41, 5.74) is 0.370. The van der Waals surface area contributed by atoms with Crippen molar-refractivity contribution in [2.75, 3.05) is 20.3 Å². The van der Waals surface area contributed by atoms with E-state index in [1.807, 2.05) is 24.3 Å². The van der Waals surface area contributed by atoms with Gasteiger partial charge in [0, 0.05) is 5.57 Å². The van der Waals surface area contributed by atoms with E-state index in [2.05, 4.69) is 6.58 Å². The number of hydrogen-bond donors (Lipinski definition) is 0. The van der Waals surface area contributed by atoms with E-state index in [1.54, 1.807) is 38.3 Å². The SMILES string of the molecule is C=C(C)C(=O)OCCOc1ccc(Oc2ccc(OC)cc2)cc1. The summed E-state index contributed by atoms with van der Waals surface area (Å²) in [4.78, 5) is 11.2. The molecule has 0 amide bonds. The zero-order valence-corrected chi connectivity index (χ0v) is 13.8. The van der Waals surface area contributed by atoms with Crippen LogP contribution in [0.3, 0.4) is 0 Å². The van der Waals surface area contributed by atoms with Gasteiger partial charge >= 0.3 is 5.97 Å². The molecule has 0 heterocycles. The van der Waals surface area contributed by atoms with Crippen molar-refractivity contribution in [1.29, 1.82) is 0 Å². The van der Waals surface area contributed by atoms with Gasteiger partial charge in [0.05, 0.1) is 7.11 Å². The Morgan fingerprint density at radius 3 is 1.88 bits per heavy atom. The molecule has 2 rings (SSSR count). The maximum Gasteiger partial charge on any atom is 0.333 e. The number of rotatable bonds is 8. The Bertz CT molecular complexity index is 674. The van der Waals surface area contributed by atoms with Crippen LogP contribution in [0.5, 0.6) is 23.0 Å². The van der Waals surface area contributed by atoms with E-state index in [0.29, 0.717) is 17.1 Å². The molecule has 2 aromatic carbocycles. The molecule has 0 aliphatic carbocycles. The van der Waals surface area contributed by atoms with Gasteiger partial charge in [0.25, 0.3) is 0 Å². The summed E-state index contributed by atoms with van der Waals surface area (Å²) in [6, 6.07) is 14.5. The highest BCUT2D eigenvalue weighted by Gasteiger charge is 2.03.